The number of anilines is 2. The standard InChI is InChI=1S/C27H18N4O12S/c32-23-11-3-17(29-44(41,42)20-9-7-19(8-10-20)31(39)40)14-21(23)27(36)43-24-12-4-16(13-22(24)26(34)35)28-25(33)15-1-5-18(6-2-15)30(37)38/h1-14,29,32H,(H,28,33)(H,34,35). The highest BCUT2D eigenvalue weighted by molar-refractivity contribution is 7.92. The summed E-state index contributed by atoms with van der Waals surface area (Å²) in [6, 6.07) is 14.9. The fraction of sp³-hybridized carbons (Fsp3) is 0. The number of nitro groups is 2. The third-order valence-electron chi connectivity index (χ3n) is 5.84. The van der Waals surface area contributed by atoms with Crippen molar-refractivity contribution >= 4 is 50.6 Å². The second-order valence-electron chi connectivity index (χ2n) is 8.75. The molecule has 4 aromatic rings. The average Bonchev–Trinajstić information content (AvgIpc) is 2.98. The minimum absolute atomic E-state index is 0.0175. The zero-order chi connectivity index (χ0) is 32.2. The van der Waals surface area contributed by atoms with E-state index in [1.54, 1.807) is 0 Å². The summed E-state index contributed by atoms with van der Waals surface area (Å²) in [4.78, 5) is 57.2. The average molecular weight is 623 g/mol. The molecular weight excluding hydrogens is 604 g/mol. The van der Waals surface area contributed by atoms with E-state index in [4.69, 9.17) is 4.74 Å². The Balaban J connectivity index is 1.52. The molecule has 1 amide bonds. The molecule has 0 unspecified atom stereocenters. The molecule has 4 N–H and O–H groups in total. The van der Waals surface area contributed by atoms with Crippen LogP contribution in [0.4, 0.5) is 22.7 Å². The van der Waals surface area contributed by atoms with Crippen molar-refractivity contribution < 1.29 is 47.6 Å². The molecule has 0 saturated heterocycles. The molecule has 0 aliphatic rings. The summed E-state index contributed by atoms with van der Waals surface area (Å²) < 4.78 is 32.8. The molecule has 44 heavy (non-hydrogen) atoms. The zero-order valence-corrected chi connectivity index (χ0v) is 22.7. The Kier molecular flexibility index (Phi) is 8.52. The highest BCUT2D eigenvalue weighted by Crippen LogP contribution is 2.29. The first-order valence-corrected chi connectivity index (χ1v) is 13.5. The Morgan fingerprint density at radius 3 is 1.86 bits per heavy atom. The molecule has 0 radical (unpaired) electrons. The van der Waals surface area contributed by atoms with Crippen molar-refractivity contribution in [3.63, 3.8) is 0 Å². The number of nitrogens with one attached hydrogen (secondary N) is 2. The summed E-state index contributed by atoms with van der Waals surface area (Å²) in [6.45, 7) is 0. The number of phenols is 1. The van der Waals surface area contributed by atoms with Gasteiger partial charge in [0.25, 0.3) is 27.3 Å². The normalized spacial score (nSPS) is 10.8. The van der Waals surface area contributed by atoms with Gasteiger partial charge in [-0.05, 0) is 60.7 Å². The van der Waals surface area contributed by atoms with Crippen LogP contribution < -0.4 is 14.8 Å². The number of carbonyl (C=O) groups excluding carboxylic acids is 2. The van der Waals surface area contributed by atoms with Crippen LogP contribution in [0.25, 0.3) is 0 Å². The van der Waals surface area contributed by atoms with Gasteiger partial charge < -0.3 is 20.3 Å². The number of amides is 1. The second-order valence-corrected chi connectivity index (χ2v) is 10.4. The number of hydrogen-bond donors (Lipinski definition) is 4. The molecule has 224 valence electrons. The minimum atomic E-state index is -4.28. The minimum Gasteiger partial charge on any atom is -0.507 e. The van der Waals surface area contributed by atoms with Gasteiger partial charge in [-0.15, -0.1) is 0 Å². The predicted octanol–water partition coefficient (Wildman–Crippen LogP) is 4.18. The third kappa shape index (κ3) is 6.92. The molecule has 0 fully saturated rings. The van der Waals surface area contributed by atoms with Crippen molar-refractivity contribution in [2.24, 2.45) is 0 Å². The van der Waals surface area contributed by atoms with E-state index in [0.29, 0.717) is 0 Å². The van der Waals surface area contributed by atoms with E-state index < -0.39 is 60.3 Å². The molecule has 0 aliphatic carbocycles. The summed E-state index contributed by atoms with van der Waals surface area (Å²) in [7, 11) is -4.28. The molecule has 0 saturated carbocycles. The lowest BCUT2D eigenvalue weighted by Gasteiger charge is -2.13. The van der Waals surface area contributed by atoms with Crippen molar-refractivity contribution in [1.29, 1.82) is 0 Å². The van der Waals surface area contributed by atoms with Crippen molar-refractivity contribution in [1.82, 2.24) is 0 Å². The third-order valence-corrected chi connectivity index (χ3v) is 7.23. The number of hydrogen-bond acceptors (Lipinski definition) is 11. The summed E-state index contributed by atoms with van der Waals surface area (Å²) >= 11 is 0. The van der Waals surface area contributed by atoms with E-state index in [1.807, 2.05) is 0 Å². The lowest BCUT2D eigenvalue weighted by atomic mass is 10.1. The topological polar surface area (TPSA) is 245 Å². The first-order valence-electron chi connectivity index (χ1n) is 12.0. The smallest absolute Gasteiger partial charge is 0.347 e. The number of non-ortho nitro benzene ring substituents is 2. The van der Waals surface area contributed by atoms with Gasteiger partial charge in [0.05, 0.1) is 14.7 Å². The number of phenolic OH excluding ortho intramolecular Hbond substituents is 1. The van der Waals surface area contributed by atoms with Crippen LogP contribution in [0.1, 0.15) is 31.1 Å². The van der Waals surface area contributed by atoms with Crippen LogP contribution in [0.2, 0.25) is 0 Å². The number of aromatic carboxylic acids is 1. The number of nitro benzene ring substituents is 2. The Morgan fingerprint density at radius 2 is 1.30 bits per heavy atom. The Hall–Kier alpha value is -6.36. The van der Waals surface area contributed by atoms with Gasteiger partial charge in [-0.25, -0.2) is 18.0 Å². The number of carboxylic acid groups (broad SMARTS) is 1. The number of carboxylic acids is 1. The molecule has 0 aromatic heterocycles. The first-order chi connectivity index (χ1) is 20.7. The van der Waals surface area contributed by atoms with Gasteiger partial charge in [0, 0.05) is 41.2 Å². The van der Waals surface area contributed by atoms with Crippen LogP contribution in [0, 0.1) is 20.2 Å². The quantitative estimate of drug-likeness (QED) is 0.0639. The highest BCUT2D eigenvalue weighted by Gasteiger charge is 2.22. The molecule has 0 atom stereocenters. The molecular formula is C27H18N4O12S. The van der Waals surface area contributed by atoms with Crippen LogP contribution >= 0.6 is 0 Å². The van der Waals surface area contributed by atoms with E-state index in [-0.39, 0.29) is 33.2 Å². The van der Waals surface area contributed by atoms with Gasteiger partial charge in [0.15, 0.2) is 0 Å². The monoisotopic (exact) mass is 622 g/mol. The van der Waals surface area contributed by atoms with E-state index in [9.17, 15) is 53.2 Å². The van der Waals surface area contributed by atoms with Crippen molar-refractivity contribution in [3.8, 4) is 11.5 Å². The number of benzene rings is 4. The molecule has 4 rings (SSSR count). The lowest BCUT2D eigenvalue weighted by molar-refractivity contribution is -0.385. The molecule has 0 bridgehead atoms. The SMILES string of the molecule is O=C(Nc1ccc(OC(=O)c2cc(NS(=O)(=O)c3ccc([N+](=O)[O-])cc3)ccc2O)c(C(=O)O)c1)c1ccc([N+](=O)[O-])cc1. The van der Waals surface area contributed by atoms with E-state index >= 15 is 0 Å². The van der Waals surface area contributed by atoms with Gasteiger partial charge in [-0.2, -0.15) is 0 Å². The Labute approximate surface area is 246 Å². The van der Waals surface area contributed by atoms with Crippen LogP contribution in [0.5, 0.6) is 11.5 Å². The number of carbonyl (C=O) groups is 3. The highest BCUT2D eigenvalue weighted by atomic mass is 32.2. The van der Waals surface area contributed by atoms with Gasteiger partial charge in [-0.1, -0.05) is 0 Å². The lowest BCUT2D eigenvalue weighted by Crippen LogP contribution is -2.16. The van der Waals surface area contributed by atoms with Gasteiger partial charge in [0.2, 0.25) is 0 Å². The van der Waals surface area contributed by atoms with Crippen LogP contribution in [-0.2, 0) is 10.0 Å². The first kappa shape index (κ1) is 30.6. The van der Waals surface area contributed by atoms with Crippen LogP contribution in [-0.4, -0.2) is 46.3 Å². The van der Waals surface area contributed by atoms with Gasteiger partial charge in [-0.3, -0.25) is 29.7 Å². The van der Waals surface area contributed by atoms with E-state index in [0.717, 1.165) is 66.7 Å². The fourth-order valence-corrected chi connectivity index (χ4v) is 4.73. The largest absolute Gasteiger partial charge is 0.507 e. The fourth-order valence-electron chi connectivity index (χ4n) is 3.68. The van der Waals surface area contributed by atoms with Gasteiger partial charge in [0.1, 0.15) is 22.6 Å². The summed E-state index contributed by atoms with van der Waals surface area (Å²) in [5.74, 6) is -4.62. The van der Waals surface area contributed by atoms with Crippen molar-refractivity contribution in [3.05, 3.63) is 122 Å². The maximum atomic E-state index is 12.9. The van der Waals surface area contributed by atoms with E-state index in [2.05, 4.69) is 10.0 Å². The second kappa shape index (κ2) is 12.2. The maximum absolute atomic E-state index is 12.9. The summed E-state index contributed by atoms with van der Waals surface area (Å²) in [5.41, 5.74) is -1.84. The molecule has 0 heterocycles. The molecule has 4 aromatic carbocycles. The molecule has 0 aliphatic heterocycles. The van der Waals surface area contributed by atoms with E-state index in [1.165, 1.54) is 18.2 Å². The molecule has 17 heteroatoms. The number of ether oxygens (including phenoxy) is 1. The number of sulfonamides is 1. The Bertz CT molecular complexity index is 1930. The summed E-state index contributed by atoms with van der Waals surface area (Å²) in [5, 5.41) is 43.9. The number of nitrogens with zero attached hydrogens (tertiary/aromatic N) is 2. The van der Waals surface area contributed by atoms with Crippen LogP contribution in [0.15, 0.2) is 89.8 Å². The number of rotatable bonds is 10. The van der Waals surface area contributed by atoms with Crippen LogP contribution in [0.3, 0.4) is 0 Å². The van der Waals surface area contributed by atoms with Crippen molar-refractivity contribution in [2.45, 2.75) is 4.90 Å². The number of aromatic hydroxyl groups is 1. The molecule has 0 spiro atoms. The zero-order valence-electron chi connectivity index (χ0n) is 21.9. The Morgan fingerprint density at radius 1 is 0.750 bits per heavy atom. The van der Waals surface area contributed by atoms with Gasteiger partial charge >= 0.3 is 11.9 Å². The predicted molar refractivity (Wildman–Crippen MR) is 151 cm³/mol. The summed E-state index contributed by atoms with van der Waals surface area (Å²) in [6.07, 6.45) is 0. The number of esters is 1. The maximum Gasteiger partial charge on any atom is 0.347 e. The van der Waals surface area contributed by atoms with Crippen molar-refractivity contribution in [2.75, 3.05) is 10.0 Å². The molecule has 16 nitrogen and oxygen atoms in total.